The average Bonchev–Trinajstić information content (AvgIpc) is 4.08. The minimum atomic E-state index is 0. The quantitative estimate of drug-likeness (QED) is 0.0429. The Morgan fingerprint density at radius 1 is 0.346 bits per heavy atom. The molecule has 5 heterocycles. The van der Waals surface area contributed by atoms with Gasteiger partial charge in [-0.05, 0) is 115 Å². The van der Waals surface area contributed by atoms with E-state index in [-0.39, 0.29) is 66.7 Å². The Labute approximate surface area is 529 Å². The Hall–Kier alpha value is -4.80. The van der Waals surface area contributed by atoms with Gasteiger partial charge in [0, 0.05) is 67.8 Å². The Kier molecular flexibility index (Phi) is 24.7. The summed E-state index contributed by atoms with van der Waals surface area (Å²) in [6.07, 6.45) is 0. The van der Waals surface area contributed by atoms with Crippen molar-refractivity contribution in [3.8, 4) is 0 Å². The third kappa shape index (κ3) is 15.1. The van der Waals surface area contributed by atoms with E-state index < -0.39 is 0 Å². The summed E-state index contributed by atoms with van der Waals surface area (Å²) >= 11 is 7.28. The van der Waals surface area contributed by atoms with Gasteiger partial charge in [-0.15, -0.1) is 0 Å². The number of aromatic amines is 2. The van der Waals surface area contributed by atoms with Gasteiger partial charge >= 0.3 is 37.7 Å². The number of fused-ring (bicyclic) bond motifs is 20. The second-order valence-corrected chi connectivity index (χ2v) is 24.6. The molecule has 81 heavy (non-hydrogen) atoms. The first-order valence-corrected chi connectivity index (χ1v) is 29.1. The standard InChI is InChI=1S/C56H74N16S4.4ClH.Cu/c1-65(2)53(66(3)4)73-29-33-17-21-37-41(25-33)49-57-45(37)62-50-43-27-35(31-75-55(69(9)10)70(11)12)19-23-39(43)47(59-50)64-52-44-28-36(32-76-56(71(13)14)72(15)16)20-24-40(44)48(60-52)63-51-42-26-34(18-22-38(42)46(58-51)61-49)30-74-54(67(5)6)68(7)8;;;;;/h17-28,57,60-64H,29-32H2,1-16H3;4*1H;/q+2;;;;;+2/p-4. The van der Waals surface area contributed by atoms with E-state index in [4.69, 9.17) is 9.97 Å². The molecule has 6 N–H and O–H groups in total. The maximum atomic E-state index is 5.44. The SMILES string of the molecule is CN(C)C(SCc1ccc2c3[n-]c(c2c1)Nc1[nH]c(c2cc(CSC(N(C)C)=[N+](C)C)ccc12)Nc1[n-]c(c2cc(CSC(N(C)C)=[N+](C)C)ccc12)Nc1[nH]c(c2cc(CSC(N(C)C)=[N+](C)C)ccc12)N3)=[N+](C)C.[Cl-].[Cl-].[Cl-].[Cl-].[Cu+2]. The normalized spacial score (nSPS) is 11.3. The average molecular weight is 1300 g/mol. The second-order valence-electron chi connectivity index (χ2n) is 20.8. The molecule has 25 heteroatoms. The number of thioether (sulfide) groups is 4. The summed E-state index contributed by atoms with van der Waals surface area (Å²) in [5.41, 5.74) is 4.81. The summed E-state index contributed by atoms with van der Waals surface area (Å²) in [5, 5.41) is 28.4. The molecule has 1 aliphatic heterocycles. The predicted molar refractivity (Wildman–Crippen MR) is 333 cm³/mol. The van der Waals surface area contributed by atoms with Gasteiger partial charge in [0.05, 0.1) is 136 Å². The van der Waals surface area contributed by atoms with Crippen LogP contribution in [0.25, 0.3) is 43.1 Å². The summed E-state index contributed by atoms with van der Waals surface area (Å²) in [5.74, 6) is 9.53. The van der Waals surface area contributed by atoms with Crippen molar-refractivity contribution in [2.24, 2.45) is 0 Å². The zero-order valence-electron chi connectivity index (χ0n) is 48.7. The molecule has 0 atom stereocenters. The van der Waals surface area contributed by atoms with E-state index >= 15 is 0 Å². The van der Waals surface area contributed by atoms with Crippen molar-refractivity contribution in [1.29, 1.82) is 0 Å². The van der Waals surface area contributed by atoms with Gasteiger partial charge in [0.15, 0.2) is 0 Å². The first-order valence-electron chi connectivity index (χ1n) is 25.2. The maximum Gasteiger partial charge on any atom is 2.00 e. The molecule has 8 bridgehead atoms. The molecule has 0 saturated heterocycles. The fourth-order valence-corrected chi connectivity index (χ4v) is 13.8. The number of halogens is 4. The van der Waals surface area contributed by atoms with Crippen LogP contribution in [0.15, 0.2) is 72.8 Å². The summed E-state index contributed by atoms with van der Waals surface area (Å²) in [7, 11) is 33.5. The van der Waals surface area contributed by atoms with Crippen molar-refractivity contribution in [3.05, 3.63) is 95.1 Å². The molecular formula is C56H74Cl4CuN16S4. The summed E-state index contributed by atoms with van der Waals surface area (Å²) < 4.78 is 8.67. The Morgan fingerprint density at radius 2 is 0.568 bits per heavy atom. The summed E-state index contributed by atoms with van der Waals surface area (Å²) in [6.45, 7) is 0. The van der Waals surface area contributed by atoms with Crippen molar-refractivity contribution < 1.29 is 85.0 Å². The molecular weight excluding hydrogens is 1230 g/mol. The summed E-state index contributed by atoms with van der Waals surface area (Å²) in [4.78, 5) is 27.2. The van der Waals surface area contributed by atoms with E-state index in [9.17, 15) is 0 Å². The third-order valence-corrected chi connectivity index (χ3v) is 18.8. The fraction of sp³-hybridized carbons (Fsp3) is 0.357. The molecule has 16 nitrogen and oxygen atoms in total. The molecule has 0 saturated carbocycles. The van der Waals surface area contributed by atoms with Crippen LogP contribution in [0.3, 0.4) is 0 Å². The zero-order chi connectivity index (χ0) is 54.3. The molecule has 1 aliphatic rings. The van der Waals surface area contributed by atoms with Gasteiger partial charge in [-0.2, -0.15) is 0 Å². The van der Waals surface area contributed by atoms with Crippen LogP contribution in [-0.2, 0) is 40.1 Å². The first kappa shape index (κ1) is 68.7. The van der Waals surface area contributed by atoms with Gasteiger partial charge in [0.25, 0.3) is 0 Å². The first-order chi connectivity index (χ1) is 36.2. The molecule has 0 spiro atoms. The van der Waals surface area contributed by atoms with E-state index in [1.165, 1.54) is 42.9 Å². The van der Waals surface area contributed by atoms with Gasteiger partial charge in [-0.25, -0.2) is 0 Å². The molecule has 441 valence electrons. The van der Waals surface area contributed by atoms with Crippen LogP contribution in [-0.4, -0.2) is 181 Å². The number of anilines is 8. The molecule has 8 aromatic rings. The molecule has 4 aromatic carbocycles. The molecule has 0 fully saturated rings. The number of H-pyrrole nitrogens is 2. The number of aromatic nitrogens is 4. The minimum absolute atomic E-state index is 0. The van der Waals surface area contributed by atoms with Crippen LogP contribution in [0, 0.1) is 0 Å². The Balaban J connectivity index is 0.00000282. The molecule has 0 amide bonds. The van der Waals surface area contributed by atoms with Gasteiger partial charge < -0.3 is 90.8 Å². The van der Waals surface area contributed by atoms with Crippen molar-refractivity contribution in [3.63, 3.8) is 0 Å². The minimum Gasteiger partial charge on any atom is -1.00 e. The monoisotopic (exact) mass is 1300 g/mol. The van der Waals surface area contributed by atoms with Crippen molar-refractivity contribution in [2.75, 3.05) is 134 Å². The largest absolute Gasteiger partial charge is 2.00 e. The Morgan fingerprint density at radius 3 is 0.815 bits per heavy atom. The summed E-state index contributed by atoms with van der Waals surface area (Å²) in [6, 6.07) is 27.0. The fourth-order valence-electron chi connectivity index (χ4n) is 9.84. The number of nitrogens with zero attached hydrogens (tertiary/aromatic N) is 10. The third-order valence-electron chi connectivity index (χ3n) is 12.9. The molecule has 0 unspecified atom stereocenters. The van der Waals surface area contributed by atoms with Crippen LogP contribution < -0.4 is 80.9 Å². The van der Waals surface area contributed by atoms with Crippen molar-refractivity contribution >= 4 is 157 Å². The van der Waals surface area contributed by atoms with E-state index in [0.717, 1.165) is 113 Å². The molecule has 9 rings (SSSR count). The number of hydrogen-bond donors (Lipinski definition) is 6. The van der Waals surface area contributed by atoms with E-state index in [1.54, 1.807) is 0 Å². The predicted octanol–water partition coefficient (Wildman–Crippen LogP) is -2.14. The van der Waals surface area contributed by atoms with Crippen molar-refractivity contribution in [1.82, 2.24) is 39.5 Å². The smallest absolute Gasteiger partial charge is 1.00 e. The van der Waals surface area contributed by atoms with Gasteiger partial charge in [-0.1, -0.05) is 48.5 Å². The molecule has 4 aromatic heterocycles. The van der Waals surface area contributed by atoms with E-state index in [1.807, 2.05) is 47.0 Å². The van der Waals surface area contributed by atoms with Crippen LogP contribution in [0.4, 0.5) is 46.5 Å². The van der Waals surface area contributed by atoms with E-state index in [2.05, 4.69) is 255 Å². The van der Waals surface area contributed by atoms with E-state index in [0.29, 0.717) is 0 Å². The molecule has 0 aliphatic carbocycles. The van der Waals surface area contributed by atoms with Crippen molar-refractivity contribution in [2.45, 2.75) is 23.0 Å². The number of benzene rings is 4. The second kappa shape index (κ2) is 29.1. The topological polar surface area (TPSA) is 133 Å². The molecule has 1 radical (unpaired) electrons. The van der Waals surface area contributed by atoms with Crippen LogP contribution in [0.2, 0.25) is 0 Å². The maximum absolute atomic E-state index is 5.44. The van der Waals surface area contributed by atoms with Crippen LogP contribution in [0.5, 0.6) is 0 Å². The number of nitrogens with one attached hydrogen (secondary N) is 6. The number of hydrogen-bond acceptors (Lipinski definition) is 8. The van der Waals surface area contributed by atoms with Gasteiger partial charge in [0.1, 0.15) is 0 Å². The Bertz CT molecular complexity index is 3160. The van der Waals surface area contributed by atoms with Gasteiger partial charge in [0.2, 0.25) is 0 Å². The van der Waals surface area contributed by atoms with Crippen LogP contribution in [0.1, 0.15) is 22.3 Å². The number of rotatable bonds is 8. The zero-order valence-corrected chi connectivity index (χ0v) is 55.9. The number of amidine groups is 4. The van der Waals surface area contributed by atoms with Gasteiger partial charge in [-0.3, -0.25) is 37.9 Å². The van der Waals surface area contributed by atoms with Crippen LogP contribution >= 0.6 is 47.0 Å².